The summed E-state index contributed by atoms with van der Waals surface area (Å²) in [5.74, 6) is -1.20. The molecule has 1 N–H and O–H groups in total. The van der Waals surface area contributed by atoms with Crippen molar-refractivity contribution in [3.05, 3.63) is 101 Å². The van der Waals surface area contributed by atoms with E-state index in [9.17, 15) is 19.1 Å². The van der Waals surface area contributed by atoms with Crippen molar-refractivity contribution in [1.29, 1.82) is 0 Å². The summed E-state index contributed by atoms with van der Waals surface area (Å²) < 4.78 is 24.6. The molecule has 1 aliphatic heterocycles. The second-order valence-electron chi connectivity index (χ2n) is 8.52. The van der Waals surface area contributed by atoms with Crippen LogP contribution in [0.5, 0.6) is 11.5 Å². The number of rotatable bonds is 7. The molecule has 0 spiro atoms. The molecule has 180 valence electrons. The molecule has 3 aromatic carbocycles. The number of aliphatic hydroxyl groups excluding tert-OH is 1. The summed E-state index contributed by atoms with van der Waals surface area (Å²) in [5.41, 5.74) is 1.54. The van der Waals surface area contributed by atoms with Gasteiger partial charge in [0.1, 0.15) is 23.1 Å². The molecule has 0 aromatic heterocycles. The molecule has 3 aromatic rings. The third-order valence-electron chi connectivity index (χ3n) is 5.69. The van der Waals surface area contributed by atoms with E-state index in [1.165, 1.54) is 36.3 Å². The molecule has 7 heteroatoms. The van der Waals surface area contributed by atoms with Crippen molar-refractivity contribution in [3.8, 4) is 11.5 Å². The Morgan fingerprint density at radius 1 is 1.00 bits per heavy atom. The Morgan fingerprint density at radius 3 is 2.37 bits per heavy atom. The van der Waals surface area contributed by atoms with Crippen LogP contribution < -0.4 is 9.47 Å². The first-order valence-electron chi connectivity index (χ1n) is 11.2. The number of benzene rings is 3. The Labute approximate surface area is 203 Å². The first-order chi connectivity index (χ1) is 16.8. The van der Waals surface area contributed by atoms with E-state index in [2.05, 4.69) is 0 Å². The van der Waals surface area contributed by atoms with Crippen LogP contribution in [0, 0.1) is 5.82 Å². The zero-order chi connectivity index (χ0) is 25.1. The predicted octanol–water partition coefficient (Wildman–Crippen LogP) is 5.24. The Kier molecular flexibility index (Phi) is 6.87. The van der Waals surface area contributed by atoms with Gasteiger partial charge in [0.2, 0.25) is 0 Å². The maximum absolute atomic E-state index is 13.5. The minimum absolute atomic E-state index is 0.0213. The van der Waals surface area contributed by atoms with Crippen LogP contribution in [0.4, 0.5) is 4.39 Å². The van der Waals surface area contributed by atoms with Gasteiger partial charge in [-0.1, -0.05) is 24.3 Å². The smallest absolute Gasteiger partial charge is 0.295 e. The van der Waals surface area contributed by atoms with E-state index in [-0.39, 0.29) is 29.5 Å². The lowest BCUT2D eigenvalue weighted by molar-refractivity contribution is -0.140. The van der Waals surface area contributed by atoms with E-state index >= 15 is 0 Å². The molecule has 6 nitrogen and oxygen atoms in total. The number of ether oxygens (including phenoxy) is 2. The number of nitrogens with zero attached hydrogens (tertiary/aromatic N) is 1. The number of carbonyl (C=O) groups excluding carboxylic acids is 2. The topological polar surface area (TPSA) is 76.1 Å². The van der Waals surface area contributed by atoms with Gasteiger partial charge in [0, 0.05) is 12.1 Å². The van der Waals surface area contributed by atoms with Gasteiger partial charge in [-0.15, -0.1) is 0 Å². The van der Waals surface area contributed by atoms with Crippen molar-refractivity contribution in [2.75, 3.05) is 7.11 Å². The molecule has 1 saturated heterocycles. The van der Waals surface area contributed by atoms with Gasteiger partial charge in [-0.05, 0) is 73.5 Å². The molecule has 4 rings (SSSR count). The lowest BCUT2D eigenvalue weighted by Crippen LogP contribution is -2.29. The number of aliphatic hydroxyl groups is 1. The van der Waals surface area contributed by atoms with Gasteiger partial charge in [0.05, 0.1) is 24.8 Å². The highest BCUT2D eigenvalue weighted by molar-refractivity contribution is 6.46. The van der Waals surface area contributed by atoms with E-state index in [4.69, 9.17) is 9.47 Å². The van der Waals surface area contributed by atoms with Gasteiger partial charge in [-0.2, -0.15) is 0 Å². The summed E-state index contributed by atoms with van der Waals surface area (Å²) in [6, 6.07) is 18.5. The molecule has 0 aliphatic carbocycles. The van der Waals surface area contributed by atoms with Gasteiger partial charge in [0.15, 0.2) is 0 Å². The molecule has 0 saturated carbocycles. The molecule has 1 amide bonds. The van der Waals surface area contributed by atoms with Crippen LogP contribution in [0.25, 0.3) is 5.76 Å². The summed E-state index contributed by atoms with van der Waals surface area (Å²) in [6.45, 7) is 3.95. The van der Waals surface area contributed by atoms with Crippen LogP contribution in [0.15, 0.2) is 78.4 Å². The molecule has 35 heavy (non-hydrogen) atoms. The van der Waals surface area contributed by atoms with E-state index in [0.717, 1.165) is 5.56 Å². The van der Waals surface area contributed by atoms with E-state index < -0.39 is 23.5 Å². The van der Waals surface area contributed by atoms with Crippen LogP contribution in [0.1, 0.15) is 36.6 Å². The zero-order valence-electron chi connectivity index (χ0n) is 19.7. The van der Waals surface area contributed by atoms with Crippen molar-refractivity contribution < 1.29 is 28.6 Å². The summed E-state index contributed by atoms with van der Waals surface area (Å²) >= 11 is 0. The lowest BCUT2D eigenvalue weighted by atomic mass is 9.95. The molecule has 0 radical (unpaired) electrons. The predicted molar refractivity (Wildman–Crippen MR) is 129 cm³/mol. The second kappa shape index (κ2) is 10.0. The summed E-state index contributed by atoms with van der Waals surface area (Å²) in [7, 11) is 1.52. The normalized spacial score (nSPS) is 17.2. The number of amides is 1. The summed E-state index contributed by atoms with van der Waals surface area (Å²) in [4.78, 5) is 27.8. The number of Topliss-reactive ketones (excluding diaryl/α,β-unsaturated/α-hetero) is 1. The van der Waals surface area contributed by atoms with Crippen molar-refractivity contribution in [1.82, 2.24) is 4.90 Å². The van der Waals surface area contributed by atoms with Gasteiger partial charge in [-0.3, -0.25) is 9.59 Å². The van der Waals surface area contributed by atoms with Crippen LogP contribution in [-0.4, -0.2) is 34.9 Å². The Bertz CT molecular complexity index is 1280. The molecule has 0 bridgehead atoms. The second-order valence-corrected chi connectivity index (χ2v) is 8.52. The van der Waals surface area contributed by atoms with Crippen LogP contribution in [-0.2, 0) is 16.1 Å². The molecule has 1 fully saturated rings. The SMILES string of the molecule is COc1cccc(C2/C(=C(/O)c3ccc(F)cc3)C(=O)C(=O)N2Cc2cccc(OC(C)C)c2)c1. The van der Waals surface area contributed by atoms with Crippen molar-refractivity contribution >= 4 is 17.4 Å². The highest BCUT2D eigenvalue weighted by Crippen LogP contribution is 2.41. The first-order valence-corrected chi connectivity index (χ1v) is 11.2. The molecular formula is C28H26FNO5. The summed E-state index contributed by atoms with van der Waals surface area (Å²) in [5, 5.41) is 11.1. The first kappa shape index (κ1) is 24.0. The van der Waals surface area contributed by atoms with Crippen molar-refractivity contribution in [2.24, 2.45) is 0 Å². The zero-order valence-corrected chi connectivity index (χ0v) is 19.7. The highest BCUT2D eigenvalue weighted by Gasteiger charge is 2.46. The van der Waals surface area contributed by atoms with E-state index in [1.807, 2.05) is 38.1 Å². The fourth-order valence-corrected chi connectivity index (χ4v) is 4.15. The third kappa shape index (κ3) is 5.04. The number of carbonyl (C=O) groups is 2. The lowest BCUT2D eigenvalue weighted by Gasteiger charge is -2.26. The molecule has 1 heterocycles. The molecular weight excluding hydrogens is 449 g/mol. The third-order valence-corrected chi connectivity index (χ3v) is 5.69. The van der Waals surface area contributed by atoms with Gasteiger partial charge < -0.3 is 19.5 Å². The quantitative estimate of drug-likeness (QED) is 0.287. The fourth-order valence-electron chi connectivity index (χ4n) is 4.15. The van der Waals surface area contributed by atoms with Crippen LogP contribution in [0.3, 0.4) is 0 Å². The van der Waals surface area contributed by atoms with E-state index in [0.29, 0.717) is 17.1 Å². The molecule has 1 atom stereocenters. The van der Waals surface area contributed by atoms with Crippen LogP contribution in [0.2, 0.25) is 0 Å². The Balaban J connectivity index is 1.82. The van der Waals surface area contributed by atoms with Gasteiger partial charge >= 0.3 is 0 Å². The number of ketones is 1. The van der Waals surface area contributed by atoms with Crippen molar-refractivity contribution in [3.63, 3.8) is 0 Å². The largest absolute Gasteiger partial charge is 0.507 e. The fraction of sp³-hybridized carbons (Fsp3) is 0.214. The number of hydrogen-bond donors (Lipinski definition) is 1. The maximum atomic E-state index is 13.5. The number of likely N-dealkylation sites (tertiary alicyclic amines) is 1. The highest BCUT2D eigenvalue weighted by atomic mass is 19.1. The Hall–Kier alpha value is -4.13. The minimum Gasteiger partial charge on any atom is -0.507 e. The van der Waals surface area contributed by atoms with Crippen LogP contribution >= 0.6 is 0 Å². The average molecular weight is 476 g/mol. The number of hydrogen-bond acceptors (Lipinski definition) is 5. The van der Waals surface area contributed by atoms with E-state index in [1.54, 1.807) is 24.3 Å². The monoisotopic (exact) mass is 475 g/mol. The minimum atomic E-state index is -0.871. The van der Waals surface area contributed by atoms with Gasteiger partial charge in [0.25, 0.3) is 11.7 Å². The number of methoxy groups -OCH3 is 1. The van der Waals surface area contributed by atoms with Gasteiger partial charge in [-0.25, -0.2) is 4.39 Å². The molecule has 1 unspecified atom stereocenters. The average Bonchev–Trinajstić information content (AvgIpc) is 3.09. The standard InChI is InChI=1S/C28H26FNO5/c1-17(2)35-23-9-4-6-18(14-23)16-30-25(20-7-5-8-22(15-20)34-3)24(27(32)28(30)33)26(31)19-10-12-21(29)13-11-19/h4-15,17,25,31H,16H2,1-3H3/b26-24-. The molecule has 1 aliphatic rings. The number of halogens is 1. The summed E-state index contributed by atoms with van der Waals surface area (Å²) in [6.07, 6.45) is -0.0213. The van der Waals surface area contributed by atoms with Crippen molar-refractivity contribution in [2.45, 2.75) is 32.5 Å². The Morgan fingerprint density at radius 2 is 1.69 bits per heavy atom. The maximum Gasteiger partial charge on any atom is 0.295 e.